The van der Waals surface area contributed by atoms with Crippen LogP contribution in [0.4, 0.5) is 0 Å². The van der Waals surface area contributed by atoms with E-state index in [1.165, 1.54) is 0 Å². The molecule has 1 unspecified atom stereocenters. The van der Waals surface area contributed by atoms with E-state index in [-0.39, 0.29) is 6.10 Å². The van der Waals surface area contributed by atoms with E-state index in [0.717, 1.165) is 29.0 Å². The van der Waals surface area contributed by atoms with Crippen molar-refractivity contribution in [3.63, 3.8) is 0 Å². The van der Waals surface area contributed by atoms with E-state index in [4.69, 9.17) is 27.4 Å². The van der Waals surface area contributed by atoms with Gasteiger partial charge in [-0.05, 0) is 19.1 Å². The van der Waals surface area contributed by atoms with Crippen LogP contribution in [0.2, 0.25) is 0 Å². The average molecular weight is 223 g/mol. The highest BCUT2D eigenvalue weighted by Gasteiger charge is 2.22. The van der Waals surface area contributed by atoms with Crippen molar-refractivity contribution in [1.82, 2.24) is 0 Å². The van der Waals surface area contributed by atoms with Gasteiger partial charge in [0, 0.05) is 12.0 Å². The Morgan fingerprint density at radius 3 is 2.93 bits per heavy atom. The number of benzene rings is 1. The molecule has 0 saturated heterocycles. The van der Waals surface area contributed by atoms with Crippen molar-refractivity contribution in [3.8, 4) is 11.5 Å². The number of hydrogen-bond donors (Lipinski definition) is 1. The van der Waals surface area contributed by atoms with E-state index in [1.807, 2.05) is 19.1 Å². The number of ether oxygens (including phenoxy) is 2. The summed E-state index contributed by atoms with van der Waals surface area (Å²) in [7, 11) is 1.61. The number of fused-ring (bicyclic) bond motifs is 1. The molecule has 0 fully saturated rings. The van der Waals surface area contributed by atoms with Gasteiger partial charge in [0.1, 0.15) is 22.6 Å². The third-order valence-corrected chi connectivity index (χ3v) is 2.70. The fourth-order valence-corrected chi connectivity index (χ4v) is 1.96. The Balaban J connectivity index is 2.50. The first-order chi connectivity index (χ1) is 7.11. The number of rotatable bonds is 2. The molecule has 0 amide bonds. The molecule has 4 heteroatoms. The van der Waals surface area contributed by atoms with Crippen LogP contribution in [0.3, 0.4) is 0 Å². The molecule has 80 valence electrons. The van der Waals surface area contributed by atoms with Crippen LogP contribution < -0.4 is 15.2 Å². The third kappa shape index (κ3) is 1.77. The fourth-order valence-electron chi connectivity index (χ4n) is 1.80. The first-order valence-corrected chi connectivity index (χ1v) is 5.20. The molecule has 0 bridgehead atoms. The lowest BCUT2D eigenvalue weighted by molar-refractivity contribution is 0.254. The Hall–Kier alpha value is -1.29. The Bertz CT molecular complexity index is 417. The summed E-state index contributed by atoms with van der Waals surface area (Å²) >= 11 is 4.96. The van der Waals surface area contributed by atoms with Crippen molar-refractivity contribution in [1.29, 1.82) is 0 Å². The molecule has 1 aliphatic heterocycles. The lowest BCUT2D eigenvalue weighted by Gasteiger charge is -2.09. The highest BCUT2D eigenvalue weighted by molar-refractivity contribution is 7.80. The lowest BCUT2D eigenvalue weighted by Crippen LogP contribution is -2.11. The third-order valence-electron chi connectivity index (χ3n) is 2.48. The van der Waals surface area contributed by atoms with Gasteiger partial charge in [0.2, 0.25) is 0 Å². The summed E-state index contributed by atoms with van der Waals surface area (Å²) in [6.07, 6.45) is 1.12. The molecule has 1 atom stereocenters. The van der Waals surface area contributed by atoms with E-state index >= 15 is 0 Å². The second-order valence-corrected chi connectivity index (χ2v) is 4.10. The molecule has 0 aromatic heterocycles. The van der Waals surface area contributed by atoms with Crippen molar-refractivity contribution >= 4 is 17.2 Å². The number of hydrogen-bond acceptors (Lipinski definition) is 3. The van der Waals surface area contributed by atoms with Crippen LogP contribution in [-0.4, -0.2) is 18.2 Å². The first kappa shape index (κ1) is 10.2. The fraction of sp³-hybridized carbons (Fsp3) is 0.364. The summed E-state index contributed by atoms with van der Waals surface area (Å²) < 4.78 is 10.9. The zero-order chi connectivity index (χ0) is 11.0. The van der Waals surface area contributed by atoms with Gasteiger partial charge in [-0.2, -0.15) is 0 Å². The molecule has 1 aromatic rings. The van der Waals surface area contributed by atoms with Gasteiger partial charge in [-0.25, -0.2) is 0 Å². The van der Waals surface area contributed by atoms with Gasteiger partial charge < -0.3 is 15.2 Å². The maximum absolute atomic E-state index is 5.63. The van der Waals surface area contributed by atoms with Gasteiger partial charge in [-0.15, -0.1) is 0 Å². The van der Waals surface area contributed by atoms with Crippen molar-refractivity contribution in [3.05, 3.63) is 23.3 Å². The summed E-state index contributed by atoms with van der Waals surface area (Å²) in [5.74, 6) is 1.59. The second kappa shape index (κ2) is 3.70. The minimum absolute atomic E-state index is 0.214. The predicted octanol–water partition coefficient (Wildman–Crippen LogP) is 1.65. The minimum Gasteiger partial charge on any atom is -0.496 e. The van der Waals surface area contributed by atoms with Crippen LogP contribution >= 0.6 is 12.2 Å². The number of thiocarbonyl (C=S) groups is 1. The van der Waals surface area contributed by atoms with E-state index in [1.54, 1.807) is 7.11 Å². The normalized spacial score (nSPS) is 18.1. The number of methoxy groups -OCH3 is 1. The molecular weight excluding hydrogens is 210 g/mol. The molecule has 0 saturated carbocycles. The van der Waals surface area contributed by atoms with E-state index in [2.05, 4.69) is 0 Å². The Morgan fingerprint density at radius 2 is 2.33 bits per heavy atom. The van der Waals surface area contributed by atoms with Gasteiger partial charge >= 0.3 is 0 Å². The standard InChI is InChI=1S/C11H13NO2S/c1-6-3-7-4-10(13-2)8(11(12)15)5-9(7)14-6/h4-6H,3H2,1-2H3,(H2,12,15). The summed E-state index contributed by atoms with van der Waals surface area (Å²) in [6.45, 7) is 2.03. The Labute approximate surface area is 94.2 Å². The molecule has 15 heavy (non-hydrogen) atoms. The monoisotopic (exact) mass is 223 g/mol. The quantitative estimate of drug-likeness (QED) is 0.774. The maximum atomic E-state index is 5.63. The van der Waals surface area contributed by atoms with Crippen LogP contribution in [0.1, 0.15) is 18.1 Å². The van der Waals surface area contributed by atoms with Gasteiger partial charge in [-0.3, -0.25) is 0 Å². The van der Waals surface area contributed by atoms with Gasteiger partial charge in [0.25, 0.3) is 0 Å². The first-order valence-electron chi connectivity index (χ1n) is 4.79. The molecular formula is C11H13NO2S. The topological polar surface area (TPSA) is 44.5 Å². The van der Waals surface area contributed by atoms with Crippen LogP contribution in [0.15, 0.2) is 12.1 Å². The van der Waals surface area contributed by atoms with Gasteiger partial charge in [0.15, 0.2) is 0 Å². The summed E-state index contributed by atoms with van der Waals surface area (Å²) in [6, 6.07) is 3.81. The molecule has 1 aromatic carbocycles. The zero-order valence-electron chi connectivity index (χ0n) is 8.74. The largest absolute Gasteiger partial charge is 0.496 e. The number of nitrogens with two attached hydrogens (primary N) is 1. The van der Waals surface area contributed by atoms with Crippen LogP contribution in [0.25, 0.3) is 0 Å². The zero-order valence-corrected chi connectivity index (χ0v) is 9.56. The van der Waals surface area contributed by atoms with Crippen LogP contribution in [0, 0.1) is 0 Å². The molecule has 3 nitrogen and oxygen atoms in total. The maximum Gasteiger partial charge on any atom is 0.129 e. The molecule has 1 aliphatic rings. The van der Waals surface area contributed by atoms with Gasteiger partial charge in [-0.1, -0.05) is 12.2 Å². The molecule has 2 N–H and O–H groups in total. The van der Waals surface area contributed by atoms with Crippen molar-refractivity contribution in [2.24, 2.45) is 5.73 Å². The molecule has 0 radical (unpaired) electrons. The van der Waals surface area contributed by atoms with Crippen LogP contribution in [0.5, 0.6) is 11.5 Å². The molecule has 0 aliphatic carbocycles. The van der Waals surface area contributed by atoms with Crippen molar-refractivity contribution in [2.75, 3.05) is 7.11 Å². The SMILES string of the molecule is COc1cc2c(cc1C(N)=S)OC(C)C2. The predicted molar refractivity (Wildman–Crippen MR) is 62.7 cm³/mol. The van der Waals surface area contributed by atoms with E-state index < -0.39 is 0 Å². The van der Waals surface area contributed by atoms with Gasteiger partial charge in [0.05, 0.1) is 12.7 Å². The highest BCUT2D eigenvalue weighted by atomic mass is 32.1. The second-order valence-electron chi connectivity index (χ2n) is 3.66. The molecule has 2 rings (SSSR count). The Kier molecular flexibility index (Phi) is 2.52. The average Bonchev–Trinajstić information content (AvgIpc) is 2.54. The Morgan fingerprint density at radius 1 is 1.60 bits per heavy atom. The summed E-state index contributed by atoms with van der Waals surface area (Å²) in [5.41, 5.74) is 7.50. The van der Waals surface area contributed by atoms with E-state index in [9.17, 15) is 0 Å². The summed E-state index contributed by atoms with van der Waals surface area (Å²) in [4.78, 5) is 0.331. The minimum atomic E-state index is 0.214. The molecule has 0 spiro atoms. The smallest absolute Gasteiger partial charge is 0.129 e. The summed E-state index contributed by atoms with van der Waals surface area (Å²) in [5, 5.41) is 0. The van der Waals surface area contributed by atoms with Crippen LogP contribution in [-0.2, 0) is 6.42 Å². The van der Waals surface area contributed by atoms with E-state index in [0.29, 0.717) is 4.99 Å². The highest BCUT2D eigenvalue weighted by Crippen LogP contribution is 2.34. The van der Waals surface area contributed by atoms with Crippen molar-refractivity contribution < 1.29 is 9.47 Å². The molecule has 1 heterocycles. The lowest BCUT2D eigenvalue weighted by atomic mass is 10.1. The van der Waals surface area contributed by atoms with Crippen molar-refractivity contribution in [2.45, 2.75) is 19.4 Å².